The molecule has 3 nitrogen and oxygen atoms in total. The SMILES string of the molecule is C/C1=C\C=C/C(c2cccc(C(Nc3c(C(C)C)cccc3C(C)C)c3ccccc3)n2)=NC(C)C1. The molecule has 0 saturated heterocycles. The van der Waals surface area contributed by atoms with Gasteiger partial charge in [0.15, 0.2) is 0 Å². The highest BCUT2D eigenvalue weighted by Crippen LogP contribution is 2.36. The van der Waals surface area contributed by atoms with Crippen molar-refractivity contribution in [1.82, 2.24) is 4.98 Å². The second-order valence-electron chi connectivity index (χ2n) is 10.5. The molecule has 1 aliphatic rings. The first kappa shape index (κ1) is 25.6. The largest absolute Gasteiger partial charge is 0.372 e. The van der Waals surface area contributed by atoms with Gasteiger partial charge in [-0.25, -0.2) is 4.98 Å². The van der Waals surface area contributed by atoms with E-state index >= 15 is 0 Å². The van der Waals surface area contributed by atoms with E-state index in [1.54, 1.807) is 0 Å². The third-order valence-electron chi connectivity index (χ3n) is 6.74. The van der Waals surface area contributed by atoms with E-state index in [2.05, 4.69) is 132 Å². The monoisotopic (exact) mass is 477 g/mol. The van der Waals surface area contributed by atoms with Crippen LogP contribution >= 0.6 is 0 Å². The Morgan fingerprint density at radius 3 is 2.17 bits per heavy atom. The number of aliphatic imine (C=N–C) groups is 1. The summed E-state index contributed by atoms with van der Waals surface area (Å²) in [4.78, 5) is 10.2. The molecule has 4 rings (SSSR count). The molecule has 0 spiro atoms. The minimum atomic E-state index is -0.0822. The third kappa shape index (κ3) is 6.02. The number of rotatable bonds is 7. The number of benzene rings is 2. The number of hydrogen-bond donors (Lipinski definition) is 1. The highest BCUT2D eigenvalue weighted by atomic mass is 15.0. The average Bonchev–Trinajstić information content (AvgIpc) is 2.85. The van der Waals surface area contributed by atoms with Crippen LogP contribution in [0.1, 0.15) is 93.9 Å². The third-order valence-corrected chi connectivity index (χ3v) is 6.74. The van der Waals surface area contributed by atoms with E-state index in [9.17, 15) is 0 Å². The van der Waals surface area contributed by atoms with Crippen LogP contribution in [0.3, 0.4) is 0 Å². The molecule has 2 atom stereocenters. The van der Waals surface area contributed by atoms with Crippen LogP contribution in [0.2, 0.25) is 0 Å². The van der Waals surface area contributed by atoms with Crippen molar-refractivity contribution in [2.75, 3.05) is 5.32 Å². The van der Waals surface area contributed by atoms with Crippen LogP contribution in [-0.4, -0.2) is 16.7 Å². The van der Waals surface area contributed by atoms with Crippen molar-refractivity contribution in [2.24, 2.45) is 4.99 Å². The lowest BCUT2D eigenvalue weighted by molar-refractivity contribution is 0.733. The summed E-state index contributed by atoms with van der Waals surface area (Å²) in [6, 6.07) is 23.8. The second kappa shape index (κ2) is 11.5. The van der Waals surface area contributed by atoms with Crippen molar-refractivity contribution in [3.63, 3.8) is 0 Å². The lowest BCUT2D eigenvalue weighted by Gasteiger charge is -2.27. The molecule has 1 aliphatic heterocycles. The zero-order valence-electron chi connectivity index (χ0n) is 22.5. The molecule has 0 fully saturated rings. The van der Waals surface area contributed by atoms with E-state index in [4.69, 9.17) is 9.98 Å². The van der Waals surface area contributed by atoms with Crippen molar-refractivity contribution in [1.29, 1.82) is 0 Å². The predicted molar refractivity (Wildman–Crippen MR) is 154 cm³/mol. The zero-order valence-corrected chi connectivity index (χ0v) is 22.5. The van der Waals surface area contributed by atoms with E-state index in [0.717, 1.165) is 23.5 Å². The molecule has 186 valence electrons. The highest BCUT2D eigenvalue weighted by molar-refractivity contribution is 6.07. The minimum Gasteiger partial charge on any atom is -0.372 e. The van der Waals surface area contributed by atoms with Gasteiger partial charge in [0.05, 0.1) is 29.2 Å². The van der Waals surface area contributed by atoms with Crippen LogP contribution in [0.5, 0.6) is 0 Å². The number of anilines is 1. The van der Waals surface area contributed by atoms with Crippen LogP contribution in [-0.2, 0) is 0 Å². The number of nitrogens with one attached hydrogen (secondary N) is 1. The summed E-state index contributed by atoms with van der Waals surface area (Å²) in [5, 5.41) is 3.95. The lowest BCUT2D eigenvalue weighted by atomic mass is 9.91. The van der Waals surface area contributed by atoms with Crippen LogP contribution in [0.15, 0.2) is 95.5 Å². The molecule has 1 aromatic heterocycles. The summed E-state index contributed by atoms with van der Waals surface area (Å²) in [5.74, 6) is 0.823. The summed E-state index contributed by atoms with van der Waals surface area (Å²) in [5.41, 5.74) is 9.27. The van der Waals surface area contributed by atoms with Crippen LogP contribution in [0.25, 0.3) is 0 Å². The number of allylic oxidation sites excluding steroid dienone is 3. The predicted octanol–water partition coefficient (Wildman–Crippen LogP) is 8.61. The van der Waals surface area contributed by atoms with Gasteiger partial charge in [-0.05, 0) is 67.0 Å². The molecule has 0 saturated carbocycles. The minimum absolute atomic E-state index is 0.0822. The van der Waals surface area contributed by atoms with Gasteiger partial charge in [0, 0.05) is 5.69 Å². The Balaban J connectivity index is 1.81. The Hall–Kier alpha value is -3.46. The summed E-state index contributed by atoms with van der Waals surface area (Å²) in [6.45, 7) is 13.4. The summed E-state index contributed by atoms with van der Waals surface area (Å²) in [7, 11) is 0. The van der Waals surface area contributed by atoms with E-state index in [0.29, 0.717) is 11.8 Å². The fourth-order valence-electron chi connectivity index (χ4n) is 4.91. The van der Waals surface area contributed by atoms with Crippen LogP contribution < -0.4 is 5.32 Å². The first-order chi connectivity index (χ1) is 17.3. The Morgan fingerprint density at radius 1 is 0.833 bits per heavy atom. The normalized spacial score (nSPS) is 19.2. The molecular weight excluding hydrogens is 438 g/mol. The molecular formula is C33H39N3. The number of nitrogens with zero attached hydrogens (tertiary/aromatic N) is 2. The van der Waals surface area contributed by atoms with E-state index < -0.39 is 0 Å². The Kier molecular flexibility index (Phi) is 8.20. The quantitative estimate of drug-likeness (QED) is 0.370. The van der Waals surface area contributed by atoms with Crippen molar-refractivity contribution in [2.45, 2.75) is 71.9 Å². The maximum atomic E-state index is 5.18. The molecule has 0 aliphatic carbocycles. The van der Waals surface area contributed by atoms with Gasteiger partial charge in [-0.1, -0.05) is 100 Å². The number of aromatic nitrogens is 1. The topological polar surface area (TPSA) is 37.3 Å². The van der Waals surface area contributed by atoms with E-state index in [1.807, 2.05) is 0 Å². The number of hydrogen-bond acceptors (Lipinski definition) is 3. The maximum absolute atomic E-state index is 5.18. The van der Waals surface area contributed by atoms with Gasteiger partial charge in [-0.3, -0.25) is 4.99 Å². The lowest BCUT2D eigenvalue weighted by Crippen LogP contribution is -2.18. The molecule has 2 heterocycles. The van der Waals surface area contributed by atoms with Crippen LogP contribution in [0.4, 0.5) is 5.69 Å². The highest BCUT2D eigenvalue weighted by Gasteiger charge is 2.22. The van der Waals surface area contributed by atoms with Crippen molar-refractivity contribution >= 4 is 11.4 Å². The second-order valence-corrected chi connectivity index (χ2v) is 10.5. The molecule has 2 aromatic carbocycles. The molecule has 2 unspecified atom stereocenters. The Labute approximate surface area is 217 Å². The van der Waals surface area contributed by atoms with Gasteiger partial charge in [-0.2, -0.15) is 0 Å². The van der Waals surface area contributed by atoms with E-state index in [-0.39, 0.29) is 12.1 Å². The smallest absolute Gasteiger partial charge is 0.0940 e. The van der Waals surface area contributed by atoms with Gasteiger partial charge in [0.2, 0.25) is 0 Å². The van der Waals surface area contributed by atoms with Crippen LogP contribution in [0, 0.1) is 0 Å². The fourth-order valence-corrected chi connectivity index (χ4v) is 4.91. The molecule has 1 N–H and O–H groups in total. The van der Waals surface area contributed by atoms with Gasteiger partial charge >= 0.3 is 0 Å². The Bertz CT molecular complexity index is 1240. The van der Waals surface area contributed by atoms with Crippen molar-refractivity contribution in [3.05, 3.63) is 119 Å². The molecule has 3 heteroatoms. The summed E-state index contributed by atoms with van der Waals surface area (Å²) < 4.78 is 0. The van der Waals surface area contributed by atoms with Gasteiger partial charge in [0.1, 0.15) is 0 Å². The van der Waals surface area contributed by atoms with E-state index in [1.165, 1.54) is 28.0 Å². The summed E-state index contributed by atoms with van der Waals surface area (Å²) >= 11 is 0. The molecule has 0 radical (unpaired) electrons. The maximum Gasteiger partial charge on any atom is 0.0940 e. The number of pyridine rings is 1. The van der Waals surface area contributed by atoms with Crippen molar-refractivity contribution < 1.29 is 0 Å². The van der Waals surface area contributed by atoms with Gasteiger partial charge in [0.25, 0.3) is 0 Å². The standard InChI is InChI=1S/C33H39N3/c1-22(2)27-16-11-17-28(23(3)4)33(27)36-32(26-14-8-7-9-15-26)31-20-12-19-30(35-31)29-18-10-13-24(5)21-25(6)34-29/h7-20,22-23,25,32,36H,21H2,1-6H3/b18-10-,24-13+,34-29?. The first-order valence-corrected chi connectivity index (χ1v) is 13.2. The fraction of sp³-hybridized carbons (Fsp3) is 0.333. The number of para-hydroxylation sites is 1. The molecule has 0 amide bonds. The molecule has 3 aromatic rings. The zero-order chi connectivity index (χ0) is 25.7. The molecule has 36 heavy (non-hydrogen) atoms. The summed E-state index contributed by atoms with van der Waals surface area (Å²) in [6.07, 6.45) is 7.32. The van der Waals surface area contributed by atoms with Gasteiger partial charge < -0.3 is 5.32 Å². The Morgan fingerprint density at radius 2 is 1.50 bits per heavy atom. The first-order valence-electron chi connectivity index (χ1n) is 13.2. The van der Waals surface area contributed by atoms with Crippen molar-refractivity contribution in [3.8, 4) is 0 Å². The molecule has 0 bridgehead atoms. The average molecular weight is 478 g/mol. The van der Waals surface area contributed by atoms with Gasteiger partial charge in [-0.15, -0.1) is 0 Å².